The van der Waals surface area contributed by atoms with Gasteiger partial charge in [0.05, 0.1) is 6.54 Å². The SMILES string of the molecule is N#CN(C#N)CC(C#N)(C#N)C#N. The van der Waals surface area contributed by atoms with Gasteiger partial charge in [-0.3, -0.25) is 0 Å². The summed E-state index contributed by atoms with van der Waals surface area (Å²) in [5.41, 5.74) is -1.95. The van der Waals surface area contributed by atoms with Crippen LogP contribution >= 0.6 is 0 Å². The highest BCUT2D eigenvalue weighted by Crippen LogP contribution is 2.14. The van der Waals surface area contributed by atoms with Crippen molar-refractivity contribution in [1.82, 2.24) is 4.90 Å². The number of hydrogen-bond acceptors (Lipinski definition) is 6. The zero-order chi connectivity index (χ0) is 10.3. The Morgan fingerprint density at radius 2 is 1.23 bits per heavy atom. The standard InChI is InChI=1S/C7H2N6/c8-1-7(2-9,3-10)4-13(5-11)6-12/h4H2. The highest BCUT2D eigenvalue weighted by Gasteiger charge is 2.32. The molecule has 0 fully saturated rings. The molecule has 6 heteroatoms. The van der Waals surface area contributed by atoms with Gasteiger partial charge in [0.25, 0.3) is 0 Å². The highest BCUT2D eigenvalue weighted by atomic mass is 15.1. The van der Waals surface area contributed by atoms with Crippen LogP contribution in [-0.4, -0.2) is 11.4 Å². The zero-order valence-electron chi connectivity index (χ0n) is 6.39. The van der Waals surface area contributed by atoms with Gasteiger partial charge in [0.1, 0.15) is 18.2 Å². The largest absolute Gasteiger partial charge is 0.247 e. The first-order valence-corrected chi connectivity index (χ1v) is 2.99. The topological polar surface area (TPSA) is 122 Å². The first-order chi connectivity index (χ1) is 6.17. The van der Waals surface area contributed by atoms with E-state index in [0.717, 1.165) is 0 Å². The number of rotatable bonds is 2. The molecule has 0 rings (SSSR count). The summed E-state index contributed by atoms with van der Waals surface area (Å²) in [6.07, 6.45) is 2.86. The summed E-state index contributed by atoms with van der Waals surface area (Å²) < 4.78 is 0. The molecule has 0 aliphatic heterocycles. The van der Waals surface area contributed by atoms with Crippen LogP contribution in [0, 0.1) is 62.3 Å². The van der Waals surface area contributed by atoms with E-state index in [2.05, 4.69) is 0 Å². The predicted octanol–water partition coefficient (Wildman–Crippen LogP) is -0.192. The minimum atomic E-state index is -1.95. The Kier molecular flexibility index (Phi) is 3.31. The molecule has 0 aromatic heterocycles. The molecular formula is C7H2N6. The second-order valence-electron chi connectivity index (χ2n) is 2.03. The van der Waals surface area contributed by atoms with Crippen molar-refractivity contribution in [3.8, 4) is 30.6 Å². The molecule has 0 spiro atoms. The number of nitrogens with zero attached hydrogens (tertiary/aromatic N) is 6. The minimum absolute atomic E-state index is 0.496. The van der Waals surface area contributed by atoms with E-state index in [-0.39, 0.29) is 0 Å². The van der Waals surface area contributed by atoms with Crippen molar-refractivity contribution in [2.75, 3.05) is 6.54 Å². The number of nitriles is 5. The molecule has 13 heavy (non-hydrogen) atoms. The van der Waals surface area contributed by atoms with Gasteiger partial charge in [0.2, 0.25) is 5.41 Å². The smallest absolute Gasteiger partial charge is 0.212 e. The second kappa shape index (κ2) is 4.20. The van der Waals surface area contributed by atoms with Crippen molar-refractivity contribution >= 4 is 0 Å². The van der Waals surface area contributed by atoms with E-state index < -0.39 is 12.0 Å². The van der Waals surface area contributed by atoms with Crippen LogP contribution in [0.3, 0.4) is 0 Å². The fourth-order valence-corrected chi connectivity index (χ4v) is 0.511. The van der Waals surface area contributed by atoms with Crippen LogP contribution in [-0.2, 0) is 0 Å². The summed E-state index contributed by atoms with van der Waals surface area (Å²) in [6, 6.07) is 4.34. The lowest BCUT2D eigenvalue weighted by atomic mass is 9.94. The Morgan fingerprint density at radius 3 is 1.46 bits per heavy atom. The molecule has 0 bridgehead atoms. The quantitative estimate of drug-likeness (QED) is 0.418. The summed E-state index contributed by atoms with van der Waals surface area (Å²) in [4.78, 5) is 0.496. The van der Waals surface area contributed by atoms with Crippen molar-refractivity contribution in [2.24, 2.45) is 5.41 Å². The molecule has 0 atom stereocenters. The van der Waals surface area contributed by atoms with Gasteiger partial charge in [-0.05, 0) is 0 Å². The molecule has 0 N–H and O–H groups in total. The van der Waals surface area contributed by atoms with Crippen LogP contribution in [0.15, 0.2) is 0 Å². The molecule has 0 saturated carbocycles. The van der Waals surface area contributed by atoms with Crippen molar-refractivity contribution in [3.63, 3.8) is 0 Å². The number of hydrogen-bond donors (Lipinski definition) is 0. The Labute approximate surface area is 74.7 Å². The predicted molar refractivity (Wildman–Crippen MR) is 37.2 cm³/mol. The van der Waals surface area contributed by atoms with Crippen molar-refractivity contribution in [1.29, 1.82) is 26.3 Å². The third-order valence-electron chi connectivity index (χ3n) is 1.21. The minimum Gasteiger partial charge on any atom is -0.212 e. The third kappa shape index (κ3) is 2.09. The van der Waals surface area contributed by atoms with E-state index >= 15 is 0 Å². The Hall–Kier alpha value is -2.75. The average Bonchev–Trinajstić information content (AvgIpc) is 2.21. The Morgan fingerprint density at radius 1 is 0.846 bits per heavy atom. The molecular weight excluding hydrogens is 168 g/mol. The van der Waals surface area contributed by atoms with Crippen LogP contribution < -0.4 is 0 Å². The van der Waals surface area contributed by atoms with Crippen molar-refractivity contribution < 1.29 is 0 Å². The summed E-state index contributed by atoms with van der Waals surface area (Å²) in [6.45, 7) is -0.524. The fraction of sp³-hybridized carbons (Fsp3) is 0.286. The molecule has 0 radical (unpaired) electrons. The molecule has 0 saturated heterocycles. The lowest BCUT2D eigenvalue weighted by molar-refractivity contribution is 0.456. The van der Waals surface area contributed by atoms with Gasteiger partial charge in [-0.25, -0.2) is 4.90 Å². The maximum absolute atomic E-state index is 8.48. The maximum atomic E-state index is 8.48. The fourth-order valence-electron chi connectivity index (χ4n) is 0.511. The molecule has 0 heterocycles. The lowest BCUT2D eigenvalue weighted by Crippen LogP contribution is -2.29. The molecule has 6 nitrogen and oxygen atoms in total. The Bertz CT molecular complexity index is 339. The molecule has 0 unspecified atom stereocenters. The van der Waals surface area contributed by atoms with Gasteiger partial charge < -0.3 is 0 Å². The van der Waals surface area contributed by atoms with E-state index in [4.69, 9.17) is 26.3 Å². The van der Waals surface area contributed by atoms with Gasteiger partial charge in [-0.15, -0.1) is 0 Å². The lowest BCUT2D eigenvalue weighted by Gasteiger charge is -2.10. The van der Waals surface area contributed by atoms with E-state index in [1.807, 2.05) is 0 Å². The summed E-state index contributed by atoms with van der Waals surface area (Å²) in [5, 5.41) is 42.0. The van der Waals surface area contributed by atoms with Crippen LogP contribution in [0.2, 0.25) is 0 Å². The zero-order valence-corrected chi connectivity index (χ0v) is 6.39. The summed E-state index contributed by atoms with van der Waals surface area (Å²) in [5.74, 6) is 0. The van der Waals surface area contributed by atoms with E-state index in [9.17, 15) is 0 Å². The van der Waals surface area contributed by atoms with Gasteiger partial charge >= 0.3 is 0 Å². The molecule has 0 aliphatic carbocycles. The first-order valence-electron chi connectivity index (χ1n) is 2.99. The van der Waals surface area contributed by atoms with Gasteiger partial charge in [0, 0.05) is 0 Å². The third-order valence-corrected chi connectivity index (χ3v) is 1.21. The maximum Gasteiger partial charge on any atom is 0.247 e. The molecule has 60 valence electrons. The normalized spacial score (nSPS) is 7.92. The molecule has 0 aliphatic rings. The summed E-state index contributed by atoms with van der Waals surface area (Å²) >= 11 is 0. The molecule has 0 aromatic carbocycles. The molecule has 0 amide bonds. The molecule has 0 aromatic rings. The highest BCUT2D eigenvalue weighted by molar-refractivity contribution is 5.27. The van der Waals surface area contributed by atoms with Crippen LogP contribution in [0.25, 0.3) is 0 Å². The van der Waals surface area contributed by atoms with E-state index in [0.29, 0.717) is 4.90 Å². The van der Waals surface area contributed by atoms with Crippen molar-refractivity contribution in [2.45, 2.75) is 0 Å². The van der Waals surface area contributed by atoms with Crippen LogP contribution in [0.4, 0.5) is 0 Å². The van der Waals surface area contributed by atoms with Crippen molar-refractivity contribution in [3.05, 3.63) is 0 Å². The van der Waals surface area contributed by atoms with Gasteiger partial charge in [-0.1, -0.05) is 0 Å². The second-order valence-corrected chi connectivity index (χ2v) is 2.03. The van der Waals surface area contributed by atoms with Crippen LogP contribution in [0.5, 0.6) is 0 Å². The van der Waals surface area contributed by atoms with Gasteiger partial charge in [-0.2, -0.15) is 26.3 Å². The van der Waals surface area contributed by atoms with E-state index in [1.165, 1.54) is 30.6 Å². The summed E-state index contributed by atoms with van der Waals surface area (Å²) in [7, 11) is 0. The monoisotopic (exact) mass is 170 g/mol. The van der Waals surface area contributed by atoms with E-state index in [1.54, 1.807) is 0 Å². The Balaban J connectivity index is 4.83. The van der Waals surface area contributed by atoms with Crippen LogP contribution in [0.1, 0.15) is 0 Å². The van der Waals surface area contributed by atoms with Gasteiger partial charge in [0.15, 0.2) is 12.4 Å². The first kappa shape index (κ1) is 10.2. The average molecular weight is 170 g/mol.